The minimum absolute atomic E-state index is 0.0343. The van der Waals surface area contributed by atoms with Crippen LogP contribution in [0.2, 0.25) is 0 Å². The number of benzene rings is 1. The van der Waals surface area contributed by atoms with Gasteiger partial charge in [-0.05, 0) is 49.1 Å². The summed E-state index contributed by atoms with van der Waals surface area (Å²) in [5.74, 6) is -0.168. The van der Waals surface area contributed by atoms with Gasteiger partial charge in [-0.1, -0.05) is 33.1 Å². The Labute approximate surface area is 204 Å². The highest BCUT2D eigenvalue weighted by Crippen LogP contribution is 2.28. The Balaban J connectivity index is 1.57. The molecule has 1 fully saturated rings. The molecule has 2 aromatic heterocycles. The number of hydrogen-bond acceptors (Lipinski definition) is 7. The van der Waals surface area contributed by atoms with Crippen LogP contribution in [0.4, 0.5) is 21.7 Å². The van der Waals surface area contributed by atoms with E-state index >= 15 is 0 Å². The molecule has 186 valence electrons. The molecule has 0 spiro atoms. The van der Waals surface area contributed by atoms with E-state index < -0.39 is 11.7 Å². The van der Waals surface area contributed by atoms with Crippen molar-refractivity contribution in [3.05, 3.63) is 47.8 Å². The van der Waals surface area contributed by atoms with E-state index in [0.29, 0.717) is 24.1 Å². The summed E-state index contributed by atoms with van der Waals surface area (Å²) in [5, 5.41) is 7.11. The number of rotatable bonds is 9. The van der Waals surface area contributed by atoms with Crippen molar-refractivity contribution in [2.24, 2.45) is 17.4 Å². The molecule has 0 radical (unpaired) electrons. The van der Waals surface area contributed by atoms with Crippen LogP contribution >= 0.6 is 0 Å². The largest absolute Gasteiger partial charge is 0.477 e. The molecule has 3 aromatic rings. The number of carbonyl (C=O) groups excluding carboxylic acids is 1. The summed E-state index contributed by atoms with van der Waals surface area (Å²) in [5.41, 5.74) is 13.1. The number of aromatic nitrogens is 2. The van der Waals surface area contributed by atoms with E-state index in [2.05, 4.69) is 34.4 Å². The maximum Gasteiger partial charge on any atom is 0.252 e. The molecular formula is C26H33FN6O2. The molecule has 6 N–H and O–H groups in total. The molecule has 3 atom stereocenters. The first-order valence-electron chi connectivity index (χ1n) is 12.2. The Hall–Kier alpha value is -3.46. The number of ether oxygens (including phenoxy) is 1. The lowest BCUT2D eigenvalue weighted by Gasteiger charge is -2.30. The maximum absolute atomic E-state index is 14.8. The predicted octanol–water partition coefficient (Wildman–Crippen LogP) is 4.72. The molecule has 35 heavy (non-hydrogen) atoms. The fraction of sp³-hybridized carbons (Fsp3) is 0.423. The van der Waals surface area contributed by atoms with Crippen molar-refractivity contribution in [2.45, 2.75) is 58.0 Å². The van der Waals surface area contributed by atoms with Crippen LogP contribution in [0.3, 0.4) is 0 Å². The Morgan fingerprint density at radius 3 is 2.71 bits per heavy atom. The summed E-state index contributed by atoms with van der Waals surface area (Å²) < 4.78 is 20.6. The number of nitrogens with two attached hydrogens (primary N) is 2. The molecule has 0 bridgehead atoms. The lowest BCUT2D eigenvalue weighted by atomic mass is 9.91. The van der Waals surface area contributed by atoms with Crippen molar-refractivity contribution < 1.29 is 13.9 Å². The topological polar surface area (TPSA) is 128 Å². The SMILES string of the molecule is CCC(C)COc1ccc2cc(Nc3nc(NC4CCCCC4N)c(F)cc3C(N)=O)ccc2n1. The molecule has 0 saturated heterocycles. The number of carbonyl (C=O) groups is 1. The zero-order valence-electron chi connectivity index (χ0n) is 20.2. The lowest BCUT2D eigenvalue weighted by Crippen LogP contribution is -2.43. The summed E-state index contributed by atoms with van der Waals surface area (Å²) in [6.45, 7) is 4.87. The maximum atomic E-state index is 14.8. The molecule has 8 nitrogen and oxygen atoms in total. The van der Waals surface area contributed by atoms with Crippen LogP contribution in [0.5, 0.6) is 5.88 Å². The summed E-state index contributed by atoms with van der Waals surface area (Å²) in [6, 6.07) is 10.2. The van der Waals surface area contributed by atoms with Crippen molar-refractivity contribution in [1.82, 2.24) is 9.97 Å². The normalized spacial score (nSPS) is 18.7. The Bertz CT molecular complexity index is 1200. The molecule has 2 heterocycles. The summed E-state index contributed by atoms with van der Waals surface area (Å²) in [7, 11) is 0. The quantitative estimate of drug-likeness (QED) is 0.349. The second-order valence-electron chi connectivity index (χ2n) is 9.28. The number of nitrogens with zero attached hydrogens (tertiary/aromatic N) is 2. The first-order chi connectivity index (χ1) is 16.8. The molecular weight excluding hydrogens is 447 g/mol. The third-order valence-corrected chi connectivity index (χ3v) is 6.52. The molecule has 9 heteroatoms. The van der Waals surface area contributed by atoms with Crippen molar-refractivity contribution >= 4 is 34.1 Å². The van der Waals surface area contributed by atoms with Gasteiger partial charge in [0.1, 0.15) is 5.82 Å². The molecule has 1 aliphatic rings. The molecule has 4 rings (SSSR count). The summed E-state index contributed by atoms with van der Waals surface area (Å²) in [6.07, 6.45) is 4.83. The van der Waals surface area contributed by atoms with Crippen LogP contribution < -0.4 is 26.8 Å². The molecule has 0 aliphatic heterocycles. The zero-order chi connectivity index (χ0) is 24.9. The number of fused-ring (bicyclic) bond motifs is 1. The van der Waals surface area contributed by atoms with Gasteiger partial charge < -0.3 is 26.8 Å². The van der Waals surface area contributed by atoms with Gasteiger partial charge in [-0.3, -0.25) is 4.79 Å². The van der Waals surface area contributed by atoms with Crippen LogP contribution in [0.25, 0.3) is 10.9 Å². The molecule has 3 unspecified atom stereocenters. The number of halogens is 1. The average Bonchev–Trinajstić information content (AvgIpc) is 2.85. The predicted molar refractivity (Wildman–Crippen MR) is 137 cm³/mol. The van der Waals surface area contributed by atoms with Gasteiger partial charge in [-0.15, -0.1) is 0 Å². The molecule has 1 amide bonds. The Kier molecular flexibility index (Phi) is 7.65. The minimum atomic E-state index is -0.773. The fourth-order valence-corrected chi connectivity index (χ4v) is 4.13. The second-order valence-corrected chi connectivity index (χ2v) is 9.28. The van der Waals surface area contributed by atoms with Crippen LogP contribution in [-0.4, -0.2) is 34.6 Å². The zero-order valence-corrected chi connectivity index (χ0v) is 20.2. The van der Waals surface area contributed by atoms with Crippen molar-refractivity contribution in [3.63, 3.8) is 0 Å². The van der Waals surface area contributed by atoms with E-state index in [1.54, 1.807) is 0 Å². The van der Waals surface area contributed by atoms with Gasteiger partial charge in [0.05, 0.1) is 17.7 Å². The Morgan fingerprint density at radius 2 is 1.97 bits per heavy atom. The van der Waals surface area contributed by atoms with E-state index in [4.69, 9.17) is 16.2 Å². The minimum Gasteiger partial charge on any atom is -0.477 e. The van der Waals surface area contributed by atoms with E-state index in [1.807, 2.05) is 30.3 Å². The average molecular weight is 481 g/mol. The van der Waals surface area contributed by atoms with Gasteiger partial charge in [0, 0.05) is 29.2 Å². The van der Waals surface area contributed by atoms with E-state index in [0.717, 1.165) is 49.1 Å². The number of primary amides is 1. The number of anilines is 3. The van der Waals surface area contributed by atoms with E-state index in [1.165, 1.54) is 0 Å². The number of amides is 1. The van der Waals surface area contributed by atoms with Crippen LogP contribution in [0.15, 0.2) is 36.4 Å². The summed E-state index contributed by atoms with van der Waals surface area (Å²) >= 11 is 0. The van der Waals surface area contributed by atoms with Crippen molar-refractivity contribution in [2.75, 3.05) is 17.2 Å². The number of pyridine rings is 2. The van der Waals surface area contributed by atoms with Crippen LogP contribution in [0, 0.1) is 11.7 Å². The van der Waals surface area contributed by atoms with Crippen molar-refractivity contribution in [3.8, 4) is 5.88 Å². The van der Waals surface area contributed by atoms with Gasteiger partial charge in [-0.25, -0.2) is 14.4 Å². The van der Waals surface area contributed by atoms with Gasteiger partial charge in [0.15, 0.2) is 11.6 Å². The lowest BCUT2D eigenvalue weighted by molar-refractivity contribution is 0.100. The smallest absolute Gasteiger partial charge is 0.252 e. The van der Waals surface area contributed by atoms with Crippen LogP contribution in [0.1, 0.15) is 56.3 Å². The monoisotopic (exact) mass is 480 g/mol. The van der Waals surface area contributed by atoms with Gasteiger partial charge in [0.2, 0.25) is 5.88 Å². The van der Waals surface area contributed by atoms with Gasteiger partial charge >= 0.3 is 0 Å². The van der Waals surface area contributed by atoms with Crippen LogP contribution in [-0.2, 0) is 0 Å². The highest BCUT2D eigenvalue weighted by atomic mass is 19.1. The molecule has 1 aromatic carbocycles. The standard InChI is InChI=1S/C26H33FN6O2/c1-3-15(2)14-35-23-11-8-16-12-17(9-10-21(16)31-23)30-25-18(24(29)34)13-19(27)26(33-25)32-22-7-5-4-6-20(22)28/h8-13,15,20,22H,3-7,14,28H2,1-2H3,(H2,29,34)(H2,30,32,33). The highest BCUT2D eigenvalue weighted by molar-refractivity contribution is 5.99. The Morgan fingerprint density at radius 1 is 1.17 bits per heavy atom. The van der Waals surface area contributed by atoms with Gasteiger partial charge in [-0.2, -0.15) is 0 Å². The number of hydrogen-bond donors (Lipinski definition) is 4. The van der Waals surface area contributed by atoms with E-state index in [-0.39, 0.29) is 29.3 Å². The molecule has 1 saturated carbocycles. The first kappa shape index (κ1) is 24.7. The van der Waals surface area contributed by atoms with E-state index in [9.17, 15) is 9.18 Å². The number of nitrogens with one attached hydrogen (secondary N) is 2. The summed E-state index contributed by atoms with van der Waals surface area (Å²) in [4.78, 5) is 20.9. The third-order valence-electron chi connectivity index (χ3n) is 6.52. The highest BCUT2D eigenvalue weighted by Gasteiger charge is 2.24. The van der Waals surface area contributed by atoms with Crippen molar-refractivity contribution in [1.29, 1.82) is 0 Å². The third kappa shape index (κ3) is 5.97. The molecule has 1 aliphatic carbocycles. The first-order valence-corrected chi connectivity index (χ1v) is 12.2. The fourth-order valence-electron chi connectivity index (χ4n) is 4.13. The second kappa shape index (κ2) is 10.9. The van der Waals surface area contributed by atoms with Gasteiger partial charge in [0.25, 0.3) is 5.91 Å².